The van der Waals surface area contributed by atoms with Gasteiger partial charge in [-0.25, -0.2) is 0 Å². The SMILES string of the molecule is CCC(CC)N(CCOC)CCC1CCNC1. The van der Waals surface area contributed by atoms with Crippen molar-refractivity contribution in [2.24, 2.45) is 5.92 Å². The van der Waals surface area contributed by atoms with Gasteiger partial charge in [0.25, 0.3) is 0 Å². The van der Waals surface area contributed by atoms with Gasteiger partial charge in [0, 0.05) is 19.7 Å². The first-order valence-corrected chi connectivity index (χ1v) is 7.25. The fraction of sp³-hybridized carbons (Fsp3) is 1.00. The van der Waals surface area contributed by atoms with Crippen LogP contribution in [0, 0.1) is 5.92 Å². The molecule has 1 atom stereocenters. The quantitative estimate of drug-likeness (QED) is 0.670. The Balaban J connectivity index is 2.32. The molecule has 1 fully saturated rings. The number of hydrogen-bond donors (Lipinski definition) is 1. The highest BCUT2D eigenvalue weighted by Crippen LogP contribution is 2.15. The summed E-state index contributed by atoms with van der Waals surface area (Å²) < 4.78 is 5.23. The Hall–Kier alpha value is -0.120. The van der Waals surface area contributed by atoms with Crippen LogP contribution < -0.4 is 5.32 Å². The second-order valence-electron chi connectivity index (χ2n) is 5.15. The van der Waals surface area contributed by atoms with Crippen LogP contribution >= 0.6 is 0 Å². The van der Waals surface area contributed by atoms with Crippen molar-refractivity contribution < 1.29 is 4.74 Å². The first-order valence-electron chi connectivity index (χ1n) is 7.25. The summed E-state index contributed by atoms with van der Waals surface area (Å²) in [7, 11) is 1.80. The van der Waals surface area contributed by atoms with Crippen molar-refractivity contribution in [1.29, 1.82) is 0 Å². The van der Waals surface area contributed by atoms with Gasteiger partial charge in [-0.05, 0) is 51.2 Å². The lowest BCUT2D eigenvalue weighted by Gasteiger charge is -2.31. The van der Waals surface area contributed by atoms with E-state index in [1.807, 2.05) is 0 Å². The van der Waals surface area contributed by atoms with Gasteiger partial charge in [-0.3, -0.25) is 4.90 Å². The van der Waals surface area contributed by atoms with Gasteiger partial charge in [0.05, 0.1) is 6.61 Å². The van der Waals surface area contributed by atoms with Crippen molar-refractivity contribution in [3.63, 3.8) is 0 Å². The minimum atomic E-state index is 0.736. The van der Waals surface area contributed by atoms with Crippen LogP contribution in [0.4, 0.5) is 0 Å². The Bertz CT molecular complexity index is 177. The summed E-state index contributed by atoms with van der Waals surface area (Å²) in [4.78, 5) is 2.63. The van der Waals surface area contributed by atoms with Crippen LogP contribution in [0.5, 0.6) is 0 Å². The summed E-state index contributed by atoms with van der Waals surface area (Å²) in [6.07, 6.45) is 5.21. The van der Waals surface area contributed by atoms with E-state index in [0.717, 1.165) is 25.1 Å². The monoisotopic (exact) mass is 242 g/mol. The highest BCUT2D eigenvalue weighted by molar-refractivity contribution is 4.75. The number of rotatable bonds is 9. The molecule has 3 nitrogen and oxygen atoms in total. The number of methoxy groups -OCH3 is 1. The maximum atomic E-state index is 5.23. The summed E-state index contributed by atoms with van der Waals surface area (Å²) in [6, 6.07) is 0.736. The number of nitrogens with zero attached hydrogens (tertiary/aromatic N) is 1. The molecular formula is C14H30N2O. The zero-order chi connectivity index (χ0) is 12.5. The minimum Gasteiger partial charge on any atom is -0.383 e. The normalized spacial score (nSPS) is 20.6. The molecule has 1 aliphatic rings. The smallest absolute Gasteiger partial charge is 0.0589 e. The third kappa shape index (κ3) is 5.36. The Kier molecular flexibility index (Phi) is 7.82. The predicted molar refractivity (Wildman–Crippen MR) is 73.4 cm³/mol. The largest absolute Gasteiger partial charge is 0.383 e. The Morgan fingerprint density at radius 2 is 2.06 bits per heavy atom. The lowest BCUT2D eigenvalue weighted by Crippen LogP contribution is -2.38. The van der Waals surface area contributed by atoms with Crippen molar-refractivity contribution in [3.05, 3.63) is 0 Å². The lowest BCUT2D eigenvalue weighted by molar-refractivity contribution is 0.110. The molecule has 1 rings (SSSR count). The van der Waals surface area contributed by atoms with Crippen LogP contribution in [0.1, 0.15) is 39.5 Å². The minimum absolute atomic E-state index is 0.736. The summed E-state index contributed by atoms with van der Waals surface area (Å²) >= 11 is 0. The molecule has 0 amide bonds. The highest BCUT2D eigenvalue weighted by Gasteiger charge is 2.19. The van der Waals surface area contributed by atoms with E-state index < -0.39 is 0 Å². The molecule has 0 spiro atoms. The standard InChI is InChI=1S/C14H30N2O/c1-4-14(5-2)16(10-11-17-3)9-7-13-6-8-15-12-13/h13-15H,4-12H2,1-3H3. The molecule has 0 saturated carbocycles. The predicted octanol–water partition coefficient (Wildman–Crippen LogP) is 2.12. The molecule has 1 unspecified atom stereocenters. The van der Waals surface area contributed by atoms with Gasteiger partial charge in [-0.2, -0.15) is 0 Å². The number of ether oxygens (including phenoxy) is 1. The average Bonchev–Trinajstić information content (AvgIpc) is 2.86. The zero-order valence-electron chi connectivity index (χ0n) is 11.9. The first-order chi connectivity index (χ1) is 8.31. The van der Waals surface area contributed by atoms with Crippen LogP contribution in [-0.2, 0) is 4.74 Å². The van der Waals surface area contributed by atoms with Crippen molar-refractivity contribution >= 4 is 0 Å². The fourth-order valence-corrected chi connectivity index (χ4v) is 2.80. The molecular weight excluding hydrogens is 212 g/mol. The van der Waals surface area contributed by atoms with Gasteiger partial charge in [-0.15, -0.1) is 0 Å². The summed E-state index contributed by atoms with van der Waals surface area (Å²) in [5.41, 5.74) is 0. The van der Waals surface area contributed by atoms with E-state index in [9.17, 15) is 0 Å². The maximum absolute atomic E-state index is 5.23. The topological polar surface area (TPSA) is 24.5 Å². The van der Waals surface area contributed by atoms with Crippen LogP contribution in [0.2, 0.25) is 0 Å². The van der Waals surface area contributed by atoms with Crippen molar-refractivity contribution in [3.8, 4) is 0 Å². The van der Waals surface area contributed by atoms with Crippen molar-refractivity contribution in [2.75, 3.05) is 39.9 Å². The van der Waals surface area contributed by atoms with E-state index in [2.05, 4.69) is 24.1 Å². The second-order valence-corrected chi connectivity index (χ2v) is 5.15. The molecule has 1 saturated heterocycles. The molecule has 0 aromatic carbocycles. The van der Waals surface area contributed by atoms with Gasteiger partial charge >= 0.3 is 0 Å². The molecule has 0 bridgehead atoms. The lowest BCUT2D eigenvalue weighted by atomic mass is 10.0. The number of hydrogen-bond acceptors (Lipinski definition) is 3. The molecule has 1 N–H and O–H groups in total. The summed E-state index contributed by atoms with van der Waals surface area (Å²) in [5.74, 6) is 0.898. The molecule has 17 heavy (non-hydrogen) atoms. The van der Waals surface area contributed by atoms with Crippen molar-refractivity contribution in [2.45, 2.75) is 45.6 Å². The van der Waals surface area contributed by atoms with Crippen LogP contribution in [0.3, 0.4) is 0 Å². The summed E-state index contributed by atoms with van der Waals surface area (Å²) in [6.45, 7) is 10.2. The molecule has 3 heteroatoms. The van der Waals surface area contributed by atoms with Crippen LogP contribution in [0.25, 0.3) is 0 Å². The first kappa shape index (κ1) is 14.9. The van der Waals surface area contributed by atoms with E-state index in [-0.39, 0.29) is 0 Å². The van der Waals surface area contributed by atoms with E-state index >= 15 is 0 Å². The van der Waals surface area contributed by atoms with Gasteiger partial charge in [0.1, 0.15) is 0 Å². The van der Waals surface area contributed by atoms with E-state index in [1.165, 1.54) is 45.3 Å². The molecule has 0 aliphatic carbocycles. The number of nitrogens with one attached hydrogen (secondary N) is 1. The van der Waals surface area contributed by atoms with E-state index in [0.29, 0.717) is 0 Å². The van der Waals surface area contributed by atoms with E-state index in [4.69, 9.17) is 4.74 Å². The molecule has 102 valence electrons. The molecule has 1 aliphatic heterocycles. The second kappa shape index (κ2) is 8.90. The Labute approximate surface area is 107 Å². The Morgan fingerprint density at radius 1 is 1.29 bits per heavy atom. The van der Waals surface area contributed by atoms with Crippen LogP contribution in [0.15, 0.2) is 0 Å². The average molecular weight is 242 g/mol. The Morgan fingerprint density at radius 3 is 2.59 bits per heavy atom. The van der Waals surface area contributed by atoms with Gasteiger partial charge in [0.2, 0.25) is 0 Å². The molecule has 1 heterocycles. The van der Waals surface area contributed by atoms with E-state index in [1.54, 1.807) is 7.11 Å². The van der Waals surface area contributed by atoms with Gasteiger partial charge in [-0.1, -0.05) is 13.8 Å². The molecule has 0 aromatic heterocycles. The molecule has 0 aromatic rings. The molecule has 0 radical (unpaired) electrons. The van der Waals surface area contributed by atoms with Gasteiger partial charge in [0.15, 0.2) is 0 Å². The third-order valence-corrected chi connectivity index (χ3v) is 4.03. The zero-order valence-corrected chi connectivity index (χ0v) is 11.9. The summed E-state index contributed by atoms with van der Waals surface area (Å²) in [5, 5.41) is 3.45. The third-order valence-electron chi connectivity index (χ3n) is 4.03. The van der Waals surface area contributed by atoms with Gasteiger partial charge < -0.3 is 10.1 Å². The van der Waals surface area contributed by atoms with Crippen molar-refractivity contribution in [1.82, 2.24) is 10.2 Å². The fourth-order valence-electron chi connectivity index (χ4n) is 2.80. The highest BCUT2D eigenvalue weighted by atomic mass is 16.5. The maximum Gasteiger partial charge on any atom is 0.0589 e. The van der Waals surface area contributed by atoms with Crippen LogP contribution in [-0.4, -0.2) is 50.8 Å².